The molecule has 112 valence electrons. The van der Waals surface area contributed by atoms with Crippen LogP contribution < -0.4 is 5.32 Å². The van der Waals surface area contributed by atoms with Gasteiger partial charge in [0, 0.05) is 18.3 Å². The molecule has 21 heavy (non-hydrogen) atoms. The van der Waals surface area contributed by atoms with E-state index in [4.69, 9.17) is 0 Å². The first kappa shape index (κ1) is 15.1. The summed E-state index contributed by atoms with van der Waals surface area (Å²) in [6, 6.07) is 0.639. The van der Waals surface area contributed by atoms with Crippen molar-refractivity contribution in [1.29, 1.82) is 0 Å². The Morgan fingerprint density at radius 3 is 2.76 bits per heavy atom. The average Bonchev–Trinajstić information content (AvgIpc) is 2.74. The van der Waals surface area contributed by atoms with Crippen LogP contribution in [-0.4, -0.2) is 27.6 Å². The summed E-state index contributed by atoms with van der Waals surface area (Å²) < 4.78 is 26.1. The van der Waals surface area contributed by atoms with Crippen molar-refractivity contribution in [2.45, 2.75) is 26.7 Å². The lowest BCUT2D eigenvalue weighted by molar-refractivity contribution is 0.0943. The molecule has 0 aliphatic rings. The monoisotopic (exact) mass is 294 g/mol. The van der Waals surface area contributed by atoms with E-state index in [9.17, 15) is 13.6 Å². The Bertz CT molecular complexity index is 635. The molecule has 0 bridgehead atoms. The van der Waals surface area contributed by atoms with Crippen molar-refractivity contribution in [3.8, 4) is 0 Å². The third-order valence-electron chi connectivity index (χ3n) is 3.19. The van der Waals surface area contributed by atoms with Crippen LogP contribution in [0.4, 0.5) is 8.78 Å². The second-order valence-electron chi connectivity index (χ2n) is 4.76. The van der Waals surface area contributed by atoms with Gasteiger partial charge in [0.15, 0.2) is 11.5 Å². The molecule has 0 spiro atoms. The van der Waals surface area contributed by atoms with Gasteiger partial charge in [-0.3, -0.25) is 9.89 Å². The Hall–Kier alpha value is -2.31. The number of nitrogens with zero attached hydrogens (tertiary/aromatic N) is 2. The quantitative estimate of drug-likeness (QED) is 0.829. The lowest BCUT2D eigenvalue weighted by atomic mass is 10.1. The highest BCUT2D eigenvalue weighted by atomic mass is 19.1. The van der Waals surface area contributed by atoms with Crippen molar-refractivity contribution in [3.63, 3.8) is 0 Å². The topological polar surface area (TPSA) is 70.7 Å². The largest absolute Gasteiger partial charge is 0.351 e. The third kappa shape index (κ3) is 3.62. The number of halogens is 2. The Balaban J connectivity index is 1.85. The van der Waals surface area contributed by atoms with Crippen molar-refractivity contribution < 1.29 is 13.6 Å². The number of hydrogen-bond donors (Lipinski definition) is 2. The summed E-state index contributed by atoms with van der Waals surface area (Å²) in [5.41, 5.74) is 2.66. The number of hydrogen-bond acceptors (Lipinski definition) is 3. The predicted molar refractivity (Wildman–Crippen MR) is 72.9 cm³/mol. The summed E-state index contributed by atoms with van der Waals surface area (Å²) in [7, 11) is 0. The van der Waals surface area contributed by atoms with Gasteiger partial charge < -0.3 is 5.32 Å². The van der Waals surface area contributed by atoms with E-state index >= 15 is 0 Å². The van der Waals surface area contributed by atoms with Crippen molar-refractivity contribution in [2.75, 3.05) is 6.54 Å². The number of carbonyl (C=O) groups is 1. The summed E-state index contributed by atoms with van der Waals surface area (Å²) in [5.74, 6) is -2.42. The van der Waals surface area contributed by atoms with Gasteiger partial charge in [0.1, 0.15) is 5.82 Å². The Labute approximate surface area is 120 Å². The van der Waals surface area contributed by atoms with Crippen molar-refractivity contribution in [1.82, 2.24) is 20.5 Å². The molecular formula is C14H16F2N4O. The van der Waals surface area contributed by atoms with Gasteiger partial charge in [-0.25, -0.2) is 13.8 Å². The second kappa shape index (κ2) is 6.43. The van der Waals surface area contributed by atoms with Gasteiger partial charge in [0.05, 0.1) is 11.9 Å². The van der Waals surface area contributed by atoms with E-state index in [0.29, 0.717) is 19.0 Å². The van der Waals surface area contributed by atoms with Crippen LogP contribution in [0.25, 0.3) is 0 Å². The van der Waals surface area contributed by atoms with Crippen molar-refractivity contribution in [2.24, 2.45) is 0 Å². The van der Waals surface area contributed by atoms with E-state index in [-0.39, 0.29) is 0 Å². The summed E-state index contributed by atoms with van der Waals surface area (Å²) in [5, 5.41) is 9.55. The number of aryl methyl sites for hydroxylation is 2. The lowest BCUT2D eigenvalue weighted by Crippen LogP contribution is -2.26. The van der Waals surface area contributed by atoms with Gasteiger partial charge in [-0.1, -0.05) is 0 Å². The van der Waals surface area contributed by atoms with Gasteiger partial charge in [0.2, 0.25) is 0 Å². The van der Waals surface area contributed by atoms with E-state index in [2.05, 4.69) is 20.5 Å². The molecule has 2 heterocycles. The van der Waals surface area contributed by atoms with Crippen LogP contribution in [0, 0.1) is 25.5 Å². The normalized spacial score (nSPS) is 10.7. The molecule has 2 aromatic rings. The summed E-state index contributed by atoms with van der Waals surface area (Å²) in [6.45, 7) is 4.22. The molecule has 0 aromatic carbocycles. The lowest BCUT2D eigenvalue weighted by Gasteiger charge is -2.06. The number of amides is 1. The zero-order chi connectivity index (χ0) is 15.4. The number of carbonyl (C=O) groups excluding carboxylic acids is 1. The van der Waals surface area contributed by atoms with Gasteiger partial charge in [-0.2, -0.15) is 5.10 Å². The molecule has 2 aromatic heterocycles. The first-order valence-electron chi connectivity index (χ1n) is 6.58. The molecule has 0 aliphatic heterocycles. The van der Waals surface area contributed by atoms with E-state index in [1.807, 2.05) is 13.8 Å². The summed E-state index contributed by atoms with van der Waals surface area (Å²) in [6.07, 6.45) is 2.26. The first-order chi connectivity index (χ1) is 9.99. The third-order valence-corrected chi connectivity index (χ3v) is 3.19. The molecule has 0 unspecified atom stereocenters. The first-order valence-corrected chi connectivity index (χ1v) is 6.58. The minimum atomic E-state index is -0.964. The minimum Gasteiger partial charge on any atom is -0.351 e. The van der Waals surface area contributed by atoms with Crippen molar-refractivity contribution >= 4 is 5.91 Å². The molecule has 7 heteroatoms. The number of aromatic amines is 1. The fourth-order valence-electron chi connectivity index (χ4n) is 2.07. The molecule has 0 fully saturated rings. The molecule has 0 aliphatic carbocycles. The number of rotatable bonds is 5. The highest BCUT2D eigenvalue weighted by Gasteiger charge is 2.14. The maximum Gasteiger partial charge on any atom is 0.272 e. The number of aromatic nitrogens is 3. The fraction of sp³-hybridized carbons (Fsp3) is 0.357. The summed E-state index contributed by atoms with van der Waals surface area (Å²) in [4.78, 5) is 15.2. The molecular weight excluding hydrogens is 278 g/mol. The molecule has 0 saturated heterocycles. The Morgan fingerprint density at radius 1 is 1.38 bits per heavy atom. The molecule has 2 N–H and O–H groups in total. The number of H-pyrrole nitrogens is 1. The average molecular weight is 294 g/mol. The van der Waals surface area contributed by atoms with Crippen LogP contribution in [0.1, 0.15) is 33.9 Å². The highest BCUT2D eigenvalue weighted by Crippen LogP contribution is 2.11. The van der Waals surface area contributed by atoms with Crippen LogP contribution in [0.5, 0.6) is 0 Å². The van der Waals surface area contributed by atoms with E-state index in [0.717, 1.165) is 29.6 Å². The number of nitrogens with one attached hydrogen (secondary N) is 2. The van der Waals surface area contributed by atoms with Crippen LogP contribution in [-0.2, 0) is 6.42 Å². The zero-order valence-corrected chi connectivity index (χ0v) is 11.8. The molecule has 0 atom stereocenters. The maximum atomic E-state index is 13.4. The van der Waals surface area contributed by atoms with Gasteiger partial charge in [0.25, 0.3) is 5.91 Å². The Morgan fingerprint density at radius 2 is 2.14 bits per heavy atom. The van der Waals surface area contributed by atoms with Gasteiger partial charge in [-0.05, 0) is 32.3 Å². The predicted octanol–water partition coefficient (Wildman–Crippen LogP) is 2.06. The molecule has 2 rings (SSSR count). The van der Waals surface area contributed by atoms with E-state index in [1.165, 1.54) is 0 Å². The summed E-state index contributed by atoms with van der Waals surface area (Å²) >= 11 is 0. The van der Waals surface area contributed by atoms with E-state index in [1.54, 1.807) is 0 Å². The molecule has 1 amide bonds. The minimum absolute atomic E-state index is 0.376. The Kier molecular flexibility index (Phi) is 4.62. The number of pyridine rings is 1. The van der Waals surface area contributed by atoms with Gasteiger partial charge >= 0.3 is 0 Å². The van der Waals surface area contributed by atoms with E-state index < -0.39 is 23.2 Å². The standard InChI is InChI=1S/C14H16F2N4O/c1-8-11(9(2)20-19-8)4-3-5-17-14(21)13-12(16)6-10(15)7-18-13/h6-7H,3-5H2,1-2H3,(H,17,21)(H,19,20). The SMILES string of the molecule is Cc1n[nH]c(C)c1CCCNC(=O)c1ncc(F)cc1F. The van der Waals surface area contributed by atoms with Crippen LogP contribution in [0.2, 0.25) is 0 Å². The van der Waals surface area contributed by atoms with Crippen LogP contribution >= 0.6 is 0 Å². The van der Waals surface area contributed by atoms with Crippen LogP contribution in [0.15, 0.2) is 12.3 Å². The van der Waals surface area contributed by atoms with Crippen LogP contribution in [0.3, 0.4) is 0 Å². The molecule has 0 saturated carbocycles. The second-order valence-corrected chi connectivity index (χ2v) is 4.76. The smallest absolute Gasteiger partial charge is 0.272 e. The fourth-order valence-corrected chi connectivity index (χ4v) is 2.07. The maximum absolute atomic E-state index is 13.4. The molecule has 5 nitrogen and oxygen atoms in total. The highest BCUT2D eigenvalue weighted by molar-refractivity contribution is 5.92. The zero-order valence-electron chi connectivity index (χ0n) is 11.8. The molecule has 0 radical (unpaired) electrons. The van der Waals surface area contributed by atoms with Crippen molar-refractivity contribution in [3.05, 3.63) is 46.5 Å². The van der Waals surface area contributed by atoms with Gasteiger partial charge in [-0.15, -0.1) is 0 Å².